The number of nitrogens with zero attached hydrogens (tertiary/aromatic N) is 1. The second-order valence-corrected chi connectivity index (χ2v) is 3.21. The SMILES string of the molecule is CC(C)C(N)c1cncc(F)c1. The van der Waals surface area contributed by atoms with Crippen molar-refractivity contribution in [2.75, 3.05) is 0 Å². The van der Waals surface area contributed by atoms with Crippen LogP contribution in [-0.2, 0) is 0 Å². The lowest BCUT2D eigenvalue weighted by Crippen LogP contribution is -2.16. The lowest BCUT2D eigenvalue weighted by Gasteiger charge is -2.14. The van der Waals surface area contributed by atoms with Crippen LogP contribution >= 0.6 is 0 Å². The van der Waals surface area contributed by atoms with E-state index in [0.29, 0.717) is 5.92 Å². The fourth-order valence-corrected chi connectivity index (χ4v) is 0.995. The maximum atomic E-state index is 12.7. The van der Waals surface area contributed by atoms with Crippen LogP contribution in [0.2, 0.25) is 0 Å². The number of hydrogen-bond acceptors (Lipinski definition) is 2. The topological polar surface area (TPSA) is 38.9 Å². The molecule has 1 heterocycles. The largest absolute Gasteiger partial charge is 0.324 e. The molecule has 0 aliphatic carbocycles. The molecule has 0 radical (unpaired) electrons. The van der Waals surface area contributed by atoms with Gasteiger partial charge in [0.1, 0.15) is 5.82 Å². The fraction of sp³-hybridized carbons (Fsp3) is 0.444. The first-order chi connectivity index (χ1) is 5.61. The molecule has 0 bridgehead atoms. The molecular formula is C9H13FN2. The third-order valence-corrected chi connectivity index (χ3v) is 1.83. The van der Waals surface area contributed by atoms with E-state index in [1.54, 1.807) is 6.20 Å². The minimum absolute atomic E-state index is 0.131. The van der Waals surface area contributed by atoms with Gasteiger partial charge in [-0.15, -0.1) is 0 Å². The minimum atomic E-state index is -0.330. The highest BCUT2D eigenvalue weighted by atomic mass is 19.1. The monoisotopic (exact) mass is 168 g/mol. The maximum absolute atomic E-state index is 12.7. The van der Waals surface area contributed by atoms with Gasteiger partial charge in [-0.1, -0.05) is 13.8 Å². The van der Waals surface area contributed by atoms with E-state index in [4.69, 9.17) is 5.73 Å². The molecule has 0 amide bonds. The van der Waals surface area contributed by atoms with E-state index in [-0.39, 0.29) is 11.9 Å². The highest BCUT2D eigenvalue weighted by Gasteiger charge is 2.10. The summed E-state index contributed by atoms with van der Waals surface area (Å²) >= 11 is 0. The zero-order valence-corrected chi connectivity index (χ0v) is 7.29. The van der Waals surface area contributed by atoms with Crippen LogP contribution in [0.15, 0.2) is 18.5 Å². The zero-order chi connectivity index (χ0) is 9.14. The van der Waals surface area contributed by atoms with Gasteiger partial charge >= 0.3 is 0 Å². The van der Waals surface area contributed by atoms with Crippen molar-refractivity contribution in [3.63, 3.8) is 0 Å². The summed E-state index contributed by atoms with van der Waals surface area (Å²) in [4.78, 5) is 3.73. The van der Waals surface area contributed by atoms with Gasteiger partial charge in [-0.25, -0.2) is 4.39 Å². The Morgan fingerprint density at radius 3 is 2.58 bits per heavy atom. The molecule has 0 saturated heterocycles. The van der Waals surface area contributed by atoms with Crippen molar-refractivity contribution in [1.82, 2.24) is 4.98 Å². The van der Waals surface area contributed by atoms with Crippen molar-refractivity contribution in [1.29, 1.82) is 0 Å². The van der Waals surface area contributed by atoms with Gasteiger partial charge in [0.15, 0.2) is 0 Å². The third-order valence-electron chi connectivity index (χ3n) is 1.83. The van der Waals surface area contributed by atoms with Crippen molar-refractivity contribution in [3.05, 3.63) is 29.8 Å². The van der Waals surface area contributed by atoms with E-state index in [9.17, 15) is 4.39 Å². The van der Waals surface area contributed by atoms with Crippen LogP contribution in [0.5, 0.6) is 0 Å². The molecule has 0 saturated carbocycles. The second kappa shape index (κ2) is 3.63. The number of hydrogen-bond donors (Lipinski definition) is 1. The molecule has 3 heteroatoms. The summed E-state index contributed by atoms with van der Waals surface area (Å²) in [5, 5.41) is 0. The number of halogens is 1. The molecule has 2 N–H and O–H groups in total. The first-order valence-electron chi connectivity index (χ1n) is 3.97. The molecule has 66 valence electrons. The Kier molecular flexibility index (Phi) is 2.76. The van der Waals surface area contributed by atoms with Crippen molar-refractivity contribution in [2.45, 2.75) is 19.9 Å². The van der Waals surface area contributed by atoms with Crippen LogP contribution in [0.1, 0.15) is 25.5 Å². The number of pyridine rings is 1. The summed E-state index contributed by atoms with van der Waals surface area (Å²) in [6.45, 7) is 3.99. The Hall–Kier alpha value is -0.960. The van der Waals surface area contributed by atoms with Gasteiger partial charge in [0.25, 0.3) is 0 Å². The maximum Gasteiger partial charge on any atom is 0.141 e. The van der Waals surface area contributed by atoms with E-state index in [2.05, 4.69) is 4.98 Å². The molecular weight excluding hydrogens is 155 g/mol. The van der Waals surface area contributed by atoms with Crippen LogP contribution in [0.4, 0.5) is 4.39 Å². The van der Waals surface area contributed by atoms with Crippen molar-refractivity contribution < 1.29 is 4.39 Å². The van der Waals surface area contributed by atoms with Crippen LogP contribution < -0.4 is 5.73 Å². The molecule has 0 spiro atoms. The van der Waals surface area contributed by atoms with Gasteiger partial charge in [0.2, 0.25) is 0 Å². The van der Waals surface area contributed by atoms with Crippen LogP contribution in [0.25, 0.3) is 0 Å². The van der Waals surface area contributed by atoms with E-state index >= 15 is 0 Å². The van der Waals surface area contributed by atoms with Crippen molar-refractivity contribution in [2.24, 2.45) is 11.7 Å². The molecule has 0 aromatic carbocycles. The molecule has 12 heavy (non-hydrogen) atoms. The van der Waals surface area contributed by atoms with E-state index in [1.807, 2.05) is 13.8 Å². The van der Waals surface area contributed by atoms with Gasteiger partial charge in [0.05, 0.1) is 6.20 Å². The highest BCUT2D eigenvalue weighted by Crippen LogP contribution is 2.17. The molecule has 0 aliphatic heterocycles. The number of nitrogens with two attached hydrogens (primary N) is 1. The van der Waals surface area contributed by atoms with Gasteiger partial charge in [0, 0.05) is 12.2 Å². The van der Waals surface area contributed by atoms with Gasteiger partial charge in [-0.05, 0) is 17.5 Å². The molecule has 1 aromatic heterocycles. The van der Waals surface area contributed by atoms with Gasteiger partial charge < -0.3 is 5.73 Å². The Bertz CT molecular complexity index is 260. The molecule has 0 fully saturated rings. The van der Waals surface area contributed by atoms with E-state index in [0.717, 1.165) is 5.56 Å². The molecule has 1 atom stereocenters. The Balaban J connectivity index is 2.88. The van der Waals surface area contributed by atoms with Gasteiger partial charge in [-0.2, -0.15) is 0 Å². The average molecular weight is 168 g/mol. The average Bonchev–Trinajstić information content (AvgIpc) is 2.03. The molecule has 1 aromatic rings. The third kappa shape index (κ3) is 2.01. The smallest absolute Gasteiger partial charge is 0.141 e. The quantitative estimate of drug-likeness (QED) is 0.732. The summed E-state index contributed by atoms with van der Waals surface area (Å²) in [6.07, 6.45) is 2.78. The standard InChI is InChI=1S/C9H13FN2/c1-6(2)9(11)7-3-8(10)5-12-4-7/h3-6,9H,11H2,1-2H3. The second-order valence-electron chi connectivity index (χ2n) is 3.21. The lowest BCUT2D eigenvalue weighted by molar-refractivity contribution is 0.507. The summed E-state index contributed by atoms with van der Waals surface area (Å²) in [6, 6.07) is 1.30. The molecule has 1 rings (SSSR count). The molecule has 2 nitrogen and oxygen atoms in total. The number of aromatic nitrogens is 1. The van der Waals surface area contributed by atoms with E-state index in [1.165, 1.54) is 12.3 Å². The predicted octanol–water partition coefficient (Wildman–Crippen LogP) is 1.88. The summed E-state index contributed by atoms with van der Waals surface area (Å²) in [7, 11) is 0. The Morgan fingerprint density at radius 2 is 2.08 bits per heavy atom. The van der Waals surface area contributed by atoms with Crippen molar-refractivity contribution in [3.8, 4) is 0 Å². The van der Waals surface area contributed by atoms with Crippen molar-refractivity contribution >= 4 is 0 Å². The molecule has 1 unspecified atom stereocenters. The predicted molar refractivity (Wildman–Crippen MR) is 46.0 cm³/mol. The Labute approximate surface area is 71.6 Å². The summed E-state index contributed by atoms with van der Waals surface area (Å²) in [5.74, 6) is -0.0304. The van der Waals surface area contributed by atoms with Crippen LogP contribution in [0.3, 0.4) is 0 Å². The fourth-order valence-electron chi connectivity index (χ4n) is 0.995. The first kappa shape index (κ1) is 9.13. The number of rotatable bonds is 2. The van der Waals surface area contributed by atoms with Crippen LogP contribution in [-0.4, -0.2) is 4.98 Å². The molecule has 0 aliphatic rings. The van der Waals surface area contributed by atoms with Crippen LogP contribution in [0, 0.1) is 11.7 Å². The highest BCUT2D eigenvalue weighted by molar-refractivity contribution is 5.14. The summed E-state index contributed by atoms with van der Waals surface area (Å²) in [5.41, 5.74) is 6.55. The minimum Gasteiger partial charge on any atom is -0.324 e. The lowest BCUT2D eigenvalue weighted by atomic mass is 9.99. The zero-order valence-electron chi connectivity index (χ0n) is 7.29. The normalized spacial score (nSPS) is 13.4. The Morgan fingerprint density at radius 1 is 1.42 bits per heavy atom. The summed E-state index contributed by atoms with van der Waals surface area (Å²) < 4.78 is 12.7. The van der Waals surface area contributed by atoms with E-state index < -0.39 is 0 Å². The van der Waals surface area contributed by atoms with Gasteiger partial charge in [-0.3, -0.25) is 4.98 Å². The first-order valence-corrected chi connectivity index (χ1v) is 3.97.